The lowest BCUT2D eigenvalue weighted by Crippen LogP contribution is -1.92. The van der Waals surface area contributed by atoms with Crippen LogP contribution in [-0.4, -0.2) is 9.91 Å². The van der Waals surface area contributed by atoms with E-state index in [1.165, 1.54) is 12.1 Å². The van der Waals surface area contributed by atoms with Gasteiger partial charge >= 0.3 is 0 Å². The molecule has 0 saturated carbocycles. The lowest BCUT2D eigenvalue weighted by Gasteiger charge is -1.98. The van der Waals surface area contributed by atoms with Crippen LogP contribution < -0.4 is 0 Å². The Kier molecular flexibility index (Phi) is 3.64. The molecular weight excluding hydrogens is 242 g/mol. The van der Waals surface area contributed by atoms with E-state index in [2.05, 4.69) is 4.98 Å². The van der Waals surface area contributed by atoms with Gasteiger partial charge in [0.2, 0.25) is 0 Å². The minimum absolute atomic E-state index is 0.0965. The van der Waals surface area contributed by atoms with Gasteiger partial charge < -0.3 is 0 Å². The van der Waals surface area contributed by atoms with E-state index in [0.717, 1.165) is 11.8 Å². The van der Waals surface area contributed by atoms with E-state index in [9.17, 15) is 10.1 Å². The third-order valence-electron chi connectivity index (χ3n) is 2.47. The SMILES string of the molecule is N#C/C(=C\c1ccccc1)c1ccc([N+](=O)[O-])cn1. The fraction of sp³-hybridized carbons (Fsp3) is 0. The Balaban J connectivity index is 2.36. The van der Waals surface area contributed by atoms with Gasteiger partial charge in [-0.1, -0.05) is 30.3 Å². The maximum atomic E-state index is 10.5. The van der Waals surface area contributed by atoms with E-state index in [0.29, 0.717) is 11.3 Å². The molecule has 2 aromatic rings. The molecule has 0 aliphatic carbocycles. The molecular formula is C14H9N3O2. The Hall–Kier alpha value is -3.00. The molecule has 0 aliphatic heterocycles. The summed E-state index contributed by atoms with van der Waals surface area (Å²) in [7, 11) is 0. The van der Waals surface area contributed by atoms with E-state index in [-0.39, 0.29) is 5.69 Å². The minimum atomic E-state index is -0.524. The van der Waals surface area contributed by atoms with Crippen molar-refractivity contribution in [3.05, 3.63) is 70.0 Å². The van der Waals surface area contributed by atoms with Gasteiger partial charge in [-0.05, 0) is 17.7 Å². The van der Waals surface area contributed by atoms with Crippen LogP contribution in [0.25, 0.3) is 11.6 Å². The Morgan fingerprint density at radius 2 is 2.00 bits per heavy atom. The van der Waals surface area contributed by atoms with Gasteiger partial charge in [-0.25, -0.2) is 4.98 Å². The van der Waals surface area contributed by atoms with Crippen LogP contribution in [0.2, 0.25) is 0 Å². The number of rotatable bonds is 3. The van der Waals surface area contributed by atoms with Gasteiger partial charge in [-0.15, -0.1) is 0 Å². The predicted molar refractivity (Wildman–Crippen MR) is 70.8 cm³/mol. The van der Waals surface area contributed by atoms with E-state index in [1.807, 2.05) is 36.4 Å². The average molecular weight is 251 g/mol. The highest BCUT2D eigenvalue weighted by atomic mass is 16.6. The highest BCUT2D eigenvalue weighted by Gasteiger charge is 2.08. The van der Waals surface area contributed by atoms with Crippen molar-refractivity contribution in [2.75, 3.05) is 0 Å². The smallest absolute Gasteiger partial charge is 0.258 e. The summed E-state index contributed by atoms with van der Waals surface area (Å²) in [4.78, 5) is 13.9. The number of allylic oxidation sites excluding steroid dienone is 1. The molecule has 0 saturated heterocycles. The number of hydrogen-bond donors (Lipinski definition) is 0. The quantitative estimate of drug-likeness (QED) is 0.477. The Labute approximate surface area is 109 Å². The first kappa shape index (κ1) is 12.5. The van der Waals surface area contributed by atoms with Gasteiger partial charge in [0.15, 0.2) is 0 Å². The molecule has 1 aromatic heterocycles. The maximum absolute atomic E-state index is 10.5. The molecule has 1 aromatic carbocycles. The minimum Gasteiger partial charge on any atom is -0.258 e. The van der Waals surface area contributed by atoms with Crippen LogP contribution >= 0.6 is 0 Å². The second kappa shape index (κ2) is 5.56. The number of aromatic nitrogens is 1. The van der Waals surface area contributed by atoms with Crippen LogP contribution in [0.3, 0.4) is 0 Å². The first-order chi connectivity index (χ1) is 9.20. The van der Waals surface area contributed by atoms with Crippen molar-refractivity contribution < 1.29 is 4.92 Å². The van der Waals surface area contributed by atoms with Gasteiger partial charge in [0.1, 0.15) is 12.3 Å². The van der Waals surface area contributed by atoms with E-state index < -0.39 is 4.92 Å². The molecule has 0 spiro atoms. The number of nitrogens with zero attached hydrogens (tertiary/aromatic N) is 3. The summed E-state index contributed by atoms with van der Waals surface area (Å²) < 4.78 is 0. The molecule has 0 amide bonds. The molecule has 0 bridgehead atoms. The van der Waals surface area contributed by atoms with Crippen molar-refractivity contribution in [1.29, 1.82) is 5.26 Å². The zero-order valence-corrected chi connectivity index (χ0v) is 9.85. The Bertz CT molecular complexity index is 655. The maximum Gasteiger partial charge on any atom is 0.287 e. The van der Waals surface area contributed by atoms with Gasteiger partial charge in [0.05, 0.1) is 16.2 Å². The van der Waals surface area contributed by atoms with Crippen LogP contribution in [0, 0.1) is 21.4 Å². The molecule has 0 fully saturated rings. The molecule has 5 nitrogen and oxygen atoms in total. The number of nitro groups is 1. The Morgan fingerprint density at radius 3 is 2.53 bits per heavy atom. The molecule has 0 radical (unpaired) electrons. The van der Waals surface area contributed by atoms with Crippen LogP contribution in [0.5, 0.6) is 0 Å². The third kappa shape index (κ3) is 3.01. The van der Waals surface area contributed by atoms with Crippen molar-refractivity contribution >= 4 is 17.3 Å². The third-order valence-corrected chi connectivity index (χ3v) is 2.47. The first-order valence-corrected chi connectivity index (χ1v) is 5.48. The Morgan fingerprint density at radius 1 is 1.26 bits per heavy atom. The predicted octanol–water partition coefficient (Wildman–Crippen LogP) is 3.05. The highest BCUT2D eigenvalue weighted by Crippen LogP contribution is 2.18. The second-order valence-corrected chi connectivity index (χ2v) is 3.74. The van der Waals surface area contributed by atoms with E-state index in [4.69, 9.17) is 5.26 Å². The first-order valence-electron chi connectivity index (χ1n) is 5.48. The van der Waals surface area contributed by atoms with Crippen LogP contribution in [0.4, 0.5) is 5.69 Å². The lowest BCUT2D eigenvalue weighted by atomic mass is 10.1. The monoisotopic (exact) mass is 251 g/mol. The van der Waals surface area contributed by atoms with Crippen molar-refractivity contribution in [2.45, 2.75) is 0 Å². The molecule has 0 N–H and O–H groups in total. The molecule has 19 heavy (non-hydrogen) atoms. The van der Waals surface area contributed by atoms with Crippen molar-refractivity contribution in [1.82, 2.24) is 4.98 Å². The van der Waals surface area contributed by atoms with Crippen LogP contribution in [-0.2, 0) is 0 Å². The van der Waals surface area contributed by atoms with Crippen molar-refractivity contribution in [3.63, 3.8) is 0 Å². The standard InChI is InChI=1S/C14H9N3O2/c15-9-12(8-11-4-2-1-3-5-11)14-7-6-13(10-16-14)17(18)19/h1-8,10H/b12-8+. The van der Waals surface area contributed by atoms with Gasteiger partial charge in [0.25, 0.3) is 5.69 Å². The van der Waals surface area contributed by atoms with Crippen molar-refractivity contribution in [3.8, 4) is 6.07 Å². The van der Waals surface area contributed by atoms with Gasteiger partial charge in [0, 0.05) is 6.07 Å². The second-order valence-electron chi connectivity index (χ2n) is 3.74. The molecule has 0 unspecified atom stereocenters. The summed E-state index contributed by atoms with van der Waals surface area (Å²) in [6, 6.07) is 14.2. The molecule has 0 atom stereocenters. The zero-order chi connectivity index (χ0) is 13.7. The van der Waals surface area contributed by atoms with E-state index >= 15 is 0 Å². The van der Waals surface area contributed by atoms with Crippen molar-refractivity contribution in [2.24, 2.45) is 0 Å². The number of nitriles is 1. The fourth-order valence-electron chi connectivity index (χ4n) is 1.53. The average Bonchev–Trinajstić information content (AvgIpc) is 2.46. The van der Waals surface area contributed by atoms with Crippen LogP contribution in [0.1, 0.15) is 11.3 Å². The van der Waals surface area contributed by atoms with Gasteiger partial charge in [-0.2, -0.15) is 5.26 Å². The summed E-state index contributed by atoms with van der Waals surface area (Å²) in [5, 5.41) is 19.7. The lowest BCUT2D eigenvalue weighted by molar-refractivity contribution is -0.385. The molecule has 92 valence electrons. The molecule has 0 aliphatic rings. The molecule has 5 heteroatoms. The van der Waals surface area contributed by atoms with Crippen LogP contribution in [0.15, 0.2) is 48.7 Å². The normalized spacial score (nSPS) is 10.8. The molecule has 1 heterocycles. The van der Waals surface area contributed by atoms with E-state index in [1.54, 1.807) is 6.08 Å². The zero-order valence-electron chi connectivity index (χ0n) is 9.85. The molecule has 2 rings (SSSR count). The fourth-order valence-corrected chi connectivity index (χ4v) is 1.53. The summed E-state index contributed by atoms with van der Waals surface area (Å²) in [6.07, 6.45) is 2.83. The summed E-state index contributed by atoms with van der Waals surface area (Å²) >= 11 is 0. The highest BCUT2D eigenvalue weighted by molar-refractivity contribution is 5.88. The summed E-state index contributed by atoms with van der Waals surface area (Å²) in [5.74, 6) is 0. The summed E-state index contributed by atoms with van der Waals surface area (Å²) in [6.45, 7) is 0. The van der Waals surface area contributed by atoms with Gasteiger partial charge in [-0.3, -0.25) is 10.1 Å². The number of hydrogen-bond acceptors (Lipinski definition) is 4. The largest absolute Gasteiger partial charge is 0.287 e. The number of pyridine rings is 1. The summed E-state index contributed by atoms with van der Waals surface area (Å²) in [5.41, 5.74) is 1.55. The topological polar surface area (TPSA) is 79.8 Å². The number of benzene rings is 1.